The van der Waals surface area contributed by atoms with Crippen LogP contribution in [-0.4, -0.2) is 31.7 Å². The minimum Gasteiger partial charge on any atom is -0.393 e. The summed E-state index contributed by atoms with van der Waals surface area (Å²) in [4.78, 5) is 21.1. The van der Waals surface area contributed by atoms with E-state index in [1.807, 2.05) is 30.7 Å². The van der Waals surface area contributed by atoms with Gasteiger partial charge < -0.3 is 15.0 Å². The molecule has 6 heteroatoms. The van der Waals surface area contributed by atoms with Crippen molar-refractivity contribution in [2.24, 2.45) is 11.8 Å². The van der Waals surface area contributed by atoms with Gasteiger partial charge in [-0.1, -0.05) is 30.3 Å². The minimum atomic E-state index is -0.419. The number of carbonyl (C=O) groups is 1. The van der Waals surface area contributed by atoms with Gasteiger partial charge in [0.25, 0.3) is 0 Å². The van der Waals surface area contributed by atoms with E-state index in [9.17, 15) is 9.90 Å². The first-order valence-corrected chi connectivity index (χ1v) is 11.8. The van der Waals surface area contributed by atoms with E-state index in [0.717, 1.165) is 37.1 Å². The van der Waals surface area contributed by atoms with Gasteiger partial charge in [-0.25, -0.2) is 4.98 Å². The monoisotopic (exact) mass is 442 g/mol. The Balaban J connectivity index is 1.24. The quantitative estimate of drug-likeness (QED) is 0.565. The number of amides is 1. The lowest BCUT2D eigenvalue weighted by Gasteiger charge is -2.32. The number of hydrogen-bond acceptors (Lipinski definition) is 4. The number of imidazole rings is 1. The van der Waals surface area contributed by atoms with E-state index in [1.54, 1.807) is 12.4 Å². The first-order valence-electron chi connectivity index (χ1n) is 11.8. The Morgan fingerprint density at radius 2 is 1.88 bits per heavy atom. The van der Waals surface area contributed by atoms with E-state index >= 15 is 0 Å². The van der Waals surface area contributed by atoms with Crippen molar-refractivity contribution in [2.75, 3.05) is 5.32 Å². The average Bonchev–Trinajstić information content (AvgIpc) is 3.43. The second kappa shape index (κ2) is 9.32. The number of allylic oxidation sites excluding steroid dienone is 2. The molecule has 0 saturated heterocycles. The Labute approximate surface area is 194 Å². The molecule has 2 aromatic heterocycles. The summed E-state index contributed by atoms with van der Waals surface area (Å²) in [7, 11) is 0. The summed E-state index contributed by atoms with van der Waals surface area (Å²) in [6, 6.07) is 14.2. The molecule has 3 aromatic rings. The number of aromatic nitrogens is 3. The molecule has 5 rings (SSSR count). The number of rotatable bonds is 6. The number of nitrogens with zero attached hydrogens (tertiary/aromatic N) is 3. The molecule has 1 fully saturated rings. The lowest BCUT2D eigenvalue weighted by atomic mass is 9.77. The molecular formula is C27H30N4O2. The number of anilines is 1. The van der Waals surface area contributed by atoms with Gasteiger partial charge in [0, 0.05) is 12.1 Å². The Morgan fingerprint density at radius 3 is 2.61 bits per heavy atom. The number of nitrogens with one attached hydrogen (secondary N) is 1. The van der Waals surface area contributed by atoms with Crippen LogP contribution in [0.3, 0.4) is 0 Å². The summed E-state index contributed by atoms with van der Waals surface area (Å²) >= 11 is 0. The zero-order valence-corrected chi connectivity index (χ0v) is 18.9. The molecular weight excluding hydrogens is 412 g/mol. The molecule has 1 unspecified atom stereocenters. The van der Waals surface area contributed by atoms with Gasteiger partial charge in [-0.2, -0.15) is 0 Å². The first kappa shape index (κ1) is 21.6. The molecule has 33 heavy (non-hydrogen) atoms. The Morgan fingerprint density at radius 1 is 1.09 bits per heavy atom. The van der Waals surface area contributed by atoms with Crippen molar-refractivity contribution in [1.82, 2.24) is 14.5 Å². The number of aliphatic hydroxyl groups excluding tert-OH is 1. The van der Waals surface area contributed by atoms with Crippen LogP contribution in [0.4, 0.5) is 5.69 Å². The van der Waals surface area contributed by atoms with Crippen molar-refractivity contribution in [1.29, 1.82) is 0 Å². The fourth-order valence-electron chi connectivity index (χ4n) is 5.50. The highest BCUT2D eigenvalue weighted by molar-refractivity contribution is 5.94. The molecule has 1 amide bonds. The maximum absolute atomic E-state index is 12.6. The standard InChI is InChI=1S/C27H30N4O2/c1-18-24-16-29-17-31(24)23(26(18)20-6-3-2-4-7-20)14-25(32)19-9-11-21(12-10-19)27(33)30-22-8-5-13-28-15-22/h2-8,13,15-17,19,21,23,25,32H,9-12,14H2,1H3,(H,30,33)/t19?,21?,23?,25-/m0/s1. The Kier molecular flexibility index (Phi) is 6.09. The molecule has 0 bridgehead atoms. The van der Waals surface area contributed by atoms with Crippen LogP contribution in [0.1, 0.15) is 56.3 Å². The van der Waals surface area contributed by atoms with E-state index in [4.69, 9.17) is 0 Å². The Bertz CT molecular complexity index is 1130. The highest BCUT2D eigenvalue weighted by atomic mass is 16.3. The summed E-state index contributed by atoms with van der Waals surface area (Å²) in [5.74, 6) is 0.250. The first-order chi connectivity index (χ1) is 16.1. The van der Waals surface area contributed by atoms with Gasteiger partial charge in [0.2, 0.25) is 5.91 Å². The van der Waals surface area contributed by atoms with Gasteiger partial charge in [-0.05, 0) is 73.8 Å². The van der Waals surface area contributed by atoms with Crippen LogP contribution in [0, 0.1) is 11.8 Å². The average molecular weight is 443 g/mol. The molecule has 0 radical (unpaired) electrons. The van der Waals surface area contributed by atoms with Crippen LogP contribution in [0.2, 0.25) is 0 Å². The molecule has 0 spiro atoms. The maximum Gasteiger partial charge on any atom is 0.227 e. The van der Waals surface area contributed by atoms with E-state index in [2.05, 4.69) is 51.0 Å². The summed E-state index contributed by atoms with van der Waals surface area (Å²) in [5.41, 5.74) is 5.56. The van der Waals surface area contributed by atoms with Crippen LogP contribution in [0.25, 0.3) is 11.1 Å². The number of benzene rings is 1. The maximum atomic E-state index is 12.6. The van der Waals surface area contributed by atoms with Gasteiger partial charge in [0.1, 0.15) is 0 Å². The van der Waals surface area contributed by atoms with Crippen LogP contribution in [0.5, 0.6) is 0 Å². The Hall–Kier alpha value is -3.25. The van der Waals surface area contributed by atoms with Gasteiger partial charge in [-0.3, -0.25) is 9.78 Å². The van der Waals surface area contributed by atoms with Crippen molar-refractivity contribution in [3.63, 3.8) is 0 Å². The fraction of sp³-hybridized carbons (Fsp3) is 0.370. The van der Waals surface area contributed by atoms with Crippen molar-refractivity contribution < 1.29 is 9.90 Å². The van der Waals surface area contributed by atoms with Crippen LogP contribution >= 0.6 is 0 Å². The summed E-state index contributed by atoms with van der Waals surface area (Å²) < 4.78 is 2.20. The lowest BCUT2D eigenvalue weighted by molar-refractivity contribution is -0.121. The number of aliphatic hydroxyl groups is 1. The topological polar surface area (TPSA) is 80.0 Å². The van der Waals surface area contributed by atoms with Crippen LogP contribution in [0.15, 0.2) is 67.4 Å². The third-order valence-corrected chi connectivity index (χ3v) is 7.29. The number of hydrogen-bond donors (Lipinski definition) is 2. The van der Waals surface area contributed by atoms with E-state index in [-0.39, 0.29) is 23.8 Å². The molecule has 1 aliphatic heterocycles. The molecule has 6 nitrogen and oxygen atoms in total. The fourth-order valence-corrected chi connectivity index (χ4v) is 5.50. The van der Waals surface area contributed by atoms with Gasteiger partial charge in [0.15, 0.2) is 0 Å². The highest BCUT2D eigenvalue weighted by Gasteiger charge is 2.35. The van der Waals surface area contributed by atoms with Crippen molar-refractivity contribution in [3.8, 4) is 0 Å². The zero-order chi connectivity index (χ0) is 22.8. The molecule has 1 aliphatic carbocycles. The number of fused-ring (bicyclic) bond motifs is 1. The summed E-state index contributed by atoms with van der Waals surface area (Å²) in [5, 5.41) is 14.2. The molecule has 1 aromatic carbocycles. The molecule has 170 valence electrons. The predicted octanol–water partition coefficient (Wildman–Crippen LogP) is 4.96. The third-order valence-electron chi connectivity index (χ3n) is 7.29. The molecule has 2 aliphatic rings. The SMILES string of the molecule is CC1=C(c2ccccc2)C(C[C@H](O)C2CCC(C(=O)Nc3cccnc3)CC2)n2cncc21. The molecule has 2 atom stereocenters. The van der Waals surface area contributed by atoms with Crippen LogP contribution < -0.4 is 5.32 Å². The highest BCUT2D eigenvalue weighted by Crippen LogP contribution is 2.45. The predicted molar refractivity (Wildman–Crippen MR) is 129 cm³/mol. The minimum absolute atomic E-state index is 0.0117. The summed E-state index contributed by atoms with van der Waals surface area (Å²) in [6.45, 7) is 2.15. The molecule has 1 saturated carbocycles. The molecule has 3 heterocycles. The van der Waals surface area contributed by atoms with E-state index < -0.39 is 6.10 Å². The lowest BCUT2D eigenvalue weighted by Crippen LogP contribution is -2.32. The summed E-state index contributed by atoms with van der Waals surface area (Å²) in [6.07, 6.45) is 10.7. The van der Waals surface area contributed by atoms with E-state index in [0.29, 0.717) is 6.42 Å². The second-order valence-electron chi connectivity index (χ2n) is 9.25. The van der Waals surface area contributed by atoms with Gasteiger partial charge in [-0.15, -0.1) is 0 Å². The van der Waals surface area contributed by atoms with Crippen molar-refractivity contribution in [3.05, 3.63) is 78.6 Å². The smallest absolute Gasteiger partial charge is 0.227 e. The van der Waals surface area contributed by atoms with E-state index in [1.165, 1.54) is 16.7 Å². The third kappa shape index (κ3) is 4.35. The van der Waals surface area contributed by atoms with Crippen molar-refractivity contribution in [2.45, 2.75) is 51.2 Å². The largest absolute Gasteiger partial charge is 0.393 e. The van der Waals surface area contributed by atoms with Gasteiger partial charge >= 0.3 is 0 Å². The second-order valence-corrected chi connectivity index (χ2v) is 9.25. The van der Waals surface area contributed by atoms with Gasteiger partial charge in [0.05, 0.1) is 42.2 Å². The normalized spacial score (nSPS) is 23.3. The van der Waals surface area contributed by atoms with Crippen molar-refractivity contribution >= 4 is 22.7 Å². The number of carbonyl (C=O) groups excluding carboxylic acids is 1. The van der Waals surface area contributed by atoms with Crippen LogP contribution in [-0.2, 0) is 4.79 Å². The number of pyridine rings is 1. The zero-order valence-electron chi connectivity index (χ0n) is 18.9. The molecule has 2 N–H and O–H groups in total.